The summed E-state index contributed by atoms with van der Waals surface area (Å²) in [6.45, 7) is -0.268. The van der Waals surface area contributed by atoms with Crippen molar-refractivity contribution in [2.75, 3.05) is 31.3 Å². The Hall–Kier alpha value is -1.96. The maximum atomic E-state index is 12.5. The molecule has 3 atom stereocenters. The maximum Gasteiger partial charge on any atom is 0.241 e. The fourth-order valence-electron chi connectivity index (χ4n) is 4.18. The normalized spacial score (nSPS) is 24.3. The van der Waals surface area contributed by atoms with E-state index in [1.807, 2.05) is 0 Å². The fourth-order valence-corrected chi connectivity index (χ4v) is 5.04. The summed E-state index contributed by atoms with van der Waals surface area (Å²) in [5, 5.41) is 3.03. The lowest BCUT2D eigenvalue weighted by molar-refractivity contribution is -0.120. The number of fused-ring (bicyclic) bond motifs is 2. The first-order valence-electron chi connectivity index (χ1n) is 8.81. The summed E-state index contributed by atoms with van der Waals surface area (Å²) >= 11 is 0. The smallest absolute Gasteiger partial charge is 0.241 e. The Balaban J connectivity index is 1.77. The van der Waals surface area contributed by atoms with Gasteiger partial charge in [-0.25, -0.2) is 8.42 Å². The lowest BCUT2D eigenvalue weighted by Crippen LogP contribution is -2.45. The number of sulfonamides is 1. The van der Waals surface area contributed by atoms with E-state index in [4.69, 9.17) is 9.47 Å². The zero-order valence-corrected chi connectivity index (χ0v) is 16.2. The number of nitrogens with zero attached hydrogens (tertiary/aromatic N) is 1. The van der Waals surface area contributed by atoms with E-state index in [1.54, 1.807) is 18.2 Å². The average molecular weight is 382 g/mol. The average Bonchev–Trinajstić information content (AvgIpc) is 3.21. The third kappa shape index (κ3) is 3.90. The minimum Gasteiger partial charge on any atom is -0.497 e. The Bertz CT molecular complexity index is 780. The van der Waals surface area contributed by atoms with Crippen LogP contribution in [0.4, 0.5) is 5.69 Å². The van der Waals surface area contributed by atoms with Crippen LogP contribution in [-0.4, -0.2) is 47.4 Å². The highest BCUT2D eigenvalue weighted by Gasteiger charge is 2.40. The number of carbonyl (C=O) groups is 1. The van der Waals surface area contributed by atoms with Crippen molar-refractivity contribution >= 4 is 21.6 Å². The number of amides is 1. The third-order valence-corrected chi connectivity index (χ3v) is 6.55. The Kier molecular flexibility index (Phi) is 5.32. The van der Waals surface area contributed by atoms with Crippen molar-refractivity contribution in [3.63, 3.8) is 0 Å². The van der Waals surface area contributed by atoms with Crippen LogP contribution in [0.2, 0.25) is 0 Å². The van der Waals surface area contributed by atoms with E-state index >= 15 is 0 Å². The highest BCUT2D eigenvalue weighted by atomic mass is 32.2. The number of rotatable bonds is 7. The molecule has 0 aromatic heterocycles. The molecule has 7 nitrogen and oxygen atoms in total. The number of hydrogen-bond donors (Lipinski definition) is 1. The highest BCUT2D eigenvalue weighted by Crippen LogP contribution is 2.44. The molecule has 2 bridgehead atoms. The van der Waals surface area contributed by atoms with Crippen LogP contribution in [0.5, 0.6) is 11.5 Å². The van der Waals surface area contributed by atoms with Crippen molar-refractivity contribution in [2.24, 2.45) is 11.8 Å². The summed E-state index contributed by atoms with van der Waals surface area (Å²) in [6, 6.07) is 5.00. The molecule has 2 aliphatic rings. The Morgan fingerprint density at radius 2 is 2.00 bits per heavy atom. The molecule has 1 aromatic carbocycles. The molecule has 0 unspecified atom stereocenters. The molecular weight excluding hydrogens is 356 g/mol. The second-order valence-electron chi connectivity index (χ2n) is 7.16. The Labute approximate surface area is 154 Å². The molecule has 26 heavy (non-hydrogen) atoms. The number of ether oxygens (including phenoxy) is 2. The van der Waals surface area contributed by atoms with Crippen LogP contribution in [0.3, 0.4) is 0 Å². The molecule has 0 aliphatic heterocycles. The van der Waals surface area contributed by atoms with Crippen LogP contribution in [0.15, 0.2) is 18.2 Å². The zero-order valence-electron chi connectivity index (χ0n) is 15.4. The molecule has 3 rings (SSSR count). The van der Waals surface area contributed by atoms with Gasteiger partial charge in [-0.15, -0.1) is 0 Å². The van der Waals surface area contributed by atoms with E-state index < -0.39 is 10.0 Å². The molecule has 2 saturated carbocycles. The highest BCUT2D eigenvalue weighted by molar-refractivity contribution is 7.92. The van der Waals surface area contributed by atoms with E-state index in [2.05, 4.69) is 5.32 Å². The first-order valence-corrected chi connectivity index (χ1v) is 10.7. The molecule has 1 aromatic rings. The van der Waals surface area contributed by atoms with Crippen LogP contribution in [0, 0.1) is 11.8 Å². The molecule has 1 N–H and O–H groups in total. The largest absolute Gasteiger partial charge is 0.497 e. The molecule has 0 spiro atoms. The summed E-state index contributed by atoms with van der Waals surface area (Å²) < 4.78 is 36.2. The minimum absolute atomic E-state index is 0.167. The van der Waals surface area contributed by atoms with Crippen LogP contribution in [-0.2, 0) is 14.8 Å². The molecule has 8 heteroatoms. The predicted molar refractivity (Wildman–Crippen MR) is 99.1 cm³/mol. The predicted octanol–water partition coefficient (Wildman–Crippen LogP) is 1.77. The number of anilines is 1. The van der Waals surface area contributed by atoms with Gasteiger partial charge in [-0.1, -0.05) is 6.42 Å². The lowest BCUT2D eigenvalue weighted by Gasteiger charge is -2.27. The second-order valence-corrected chi connectivity index (χ2v) is 9.06. The van der Waals surface area contributed by atoms with Crippen LogP contribution >= 0.6 is 0 Å². The van der Waals surface area contributed by atoms with Crippen LogP contribution in [0.1, 0.15) is 25.7 Å². The van der Waals surface area contributed by atoms with E-state index in [1.165, 1.54) is 27.1 Å². The van der Waals surface area contributed by atoms with Gasteiger partial charge in [-0.3, -0.25) is 9.10 Å². The van der Waals surface area contributed by atoms with Crippen LogP contribution < -0.4 is 19.1 Å². The van der Waals surface area contributed by atoms with E-state index in [0.717, 1.165) is 23.4 Å². The van der Waals surface area contributed by atoms with E-state index in [0.29, 0.717) is 29.0 Å². The van der Waals surface area contributed by atoms with Gasteiger partial charge in [0.1, 0.15) is 18.0 Å². The van der Waals surface area contributed by atoms with Crippen molar-refractivity contribution in [1.29, 1.82) is 0 Å². The first-order chi connectivity index (χ1) is 12.3. The molecule has 2 aliphatic carbocycles. The van der Waals surface area contributed by atoms with Crippen LogP contribution in [0.25, 0.3) is 0 Å². The van der Waals surface area contributed by atoms with Crippen molar-refractivity contribution in [3.8, 4) is 11.5 Å². The van der Waals surface area contributed by atoms with Gasteiger partial charge in [0, 0.05) is 12.1 Å². The zero-order chi connectivity index (χ0) is 18.9. The van der Waals surface area contributed by atoms with Gasteiger partial charge in [-0.2, -0.15) is 0 Å². The molecule has 0 heterocycles. The van der Waals surface area contributed by atoms with Gasteiger partial charge in [-0.05, 0) is 43.2 Å². The number of nitrogens with one attached hydrogen (secondary N) is 1. The monoisotopic (exact) mass is 382 g/mol. The van der Waals surface area contributed by atoms with Crippen molar-refractivity contribution in [1.82, 2.24) is 5.32 Å². The fraction of sp³-hybridized carbons (Fsp3) is 0.611. The van der Waals surface area contributed by atoms with Gasteiger partial charge in [0.25, 0.3) is 0 Å². The van der Waals surface area contributed by atoms with Gasteiger partial charge in [0.05, 0.1) is 26.2 Å². The third-order valence-electron chi connectivity index (χ3n) is 5.43. The van der Waals surface area contributed by atoms with Crippen molar-refractivity contribution in [3.05, 3.63) is 18.2 Å². The number of benzene rings is 1. The molecule has 0 radical (unpaired) electrons. The molecule has 144 valence electrons. The molecular formula is C18H26N2O5S. The standard InChI is InChI=1S/C18H26N2O5S/c1-24-14-6-7-16(17(10-14)25-2)20(26(3,22)23)11-18(21)19-15-9-12-4-5-13(15)8-12/h6-7,10,12-13,15H,4-5,8-9,11H2,1-3H3,(H,19,21)/t12-,13-,15+/m0/s1. The summed E-state index contributed by atoms with van der Waals surface area (Å²) in [4.78, 5) is 12.5. The van der Waals surface area contributed by atoms with Gasteiger partial charge in [0.2, 0.25) is 15.9 Å². The second kappa shape index (κ2) is 7.34. The topological polar surface area (TPSA) is 84.9 Å². The Morgan fingerprint density at radius 1 is 1.23 bits per heavy atom. The Morgan fingerprint density at radius 3 is 2.54 bits per heavy atom. The summed E-state index contributed by atoms with van der Waals surface area (Å²) in [7, 11) is -0.686. The lowest BCUT2D eigenvalue weighted by atomic mass is 9.95. The minimum atomic E-state index is -3.66. The SMILES string of the molecule is COc1ccc(N(CC(=O)N[C@@H]2C[C@H]3CC[C@H]2C3)S(C)(=O)=O)c(OC)c1. The van der Waals surface area contributed by atoms with Crippen molar-refractivity contribution < 1.29 is 22.7 Å². The van der Waals surface area contributed by atoms with Crippen molar-refractivity contribution in [2.45, 2.75) is 31.7 Å². The number of hydrogen-bond acceptors (Lipinski definition) is 5. The summed E-state index contributed by atoms with van der Waals surface area (Å²) in [5.74, 6) is 1.84. The van der Waals surface area contributed by atoms with Gasteiger partial charge >= 0.3 is 0 Å². The first kappa shape index (κ1) is 18.8. The molecule has 1 amide bonds. The molecule has 2 fully saturated rings. The summed E-state index contributed by atoms with van der Waals surface area (Å²) in [5.41, 5.74) is 0.318. The quantitative estimate of drug-likeness (QED) is 0.777. The summed E-state index contributed by atoms with van der Waals surface area (Å²) in [6.07, 6.45) is 5.66. The number of carbonyl (C=O) groups excluding carboxylic acids is 1. The van der Waals surface area contributed by atoms with Gasteiger partial charge < -0.3 is 14.8 Å². The van der Waals surface area contributed by atoms with Gasteiger partial charge in [0.15, 0.2) is 0 Å². The molecule has 0 saturated heterocycles. The maximum absolute atomic E-state index is 12.5. The van der Waals surface area contributed by atoms with E-state index in [-0.39, 0.29) is 18.5 Å². The number of methoxy groups -OCH3 is 2. The van der Waals surface area contributed by atoms with E-state index in [9.17, 15) is 13.2 Å².